The van der Waals surface area contributed by atoms with E-state index in [1.54, 1.807) is 17.0 Å². The van der Waals surface area contributed by atoms with Gasteiger partial charge in [0.15, 0.2) is 5.76 Å². The number of amides is 3. The van der Waals surface area contributed by atoms with Gasteiger partial charge in [-0.3, -0.25) is 14.4 Å². The van der Waals surface area contributed by atoms with Crippen LogP contribution < -0.4 is 10.1 Å². The molecule has 0 radical (unpaired) electrons. The molecule has 1 aliphatic carbocycles. The molecule has 0 bridgehead atoms. The smallest absolute Gasteiger partial charge is 0.312 e. The molecule has 2 heterocycles. The van der Waals surface area contributed by atoms with Gasteiger partial charge in [-0.05, 0) is 49.2 Å². The van der Waals surface area contributed by atoms with Crippen molar-refractivity contribution in [2.45, 2.75) is 25.5 Å². The Kier molecular flexibility index (Phi) is 6.08. The number of ether oxygens (including phenoxy) is 1. The molecule has 158 valence electrons. The molecule has 0 atom stereocenters. The van der Waals surface area contributed by atoms with Crippen molar-refractivity contribution >= 4 is 33.7 Å². The zero-order valence-corrected chi connectivity index (χ0v) is 17.9. The summed E-state index contributed by atoms with van der Waals surface area (Å²) in [5, 5.41) is 2.70. The molecule has 30 heavy (non-hydrogen) atoms. The average Bonchev–Trinajstić information content (AvgIpc) is 3.45. The van der Waals surface area contributed by atoms with Crippen molar-refractivity contribution < 1.29 is 23.5 Å². The second-order valence-corrected chi connectivity index (χ2v) is 8.26. The highest BCUT2D eigenvalue weighted by atomic mass is 79.9. The van der Waals surface area contributed by atoms with Gasteiger partial charge in [-0.1, -0.05) is 15.9 Å². The van der Waals surface area contributed by atoms with Gasteiger partial charge in [0.05, 0.1) is 0 Å². The van der Waals surface area contributed by atoms with Gasteiger partial charge in [0, 0.05) is 36.7 Å². The number of carbonyl (C=O) groups is 3. The molecule has 1 aromatic carbocycles. The number of hydrogen-bond acceptors (Lipinski definition) is 5. The minimum atomic E-state index is -0.557. The summed E-state index contributed by atoms with van der Waals surface area (Å²) in [5.41, 5.74) is 0. The SMILES string of the molecule is O=C(NC1CC1)C(=O)N1CCN(C(=O)c2ccc(COc3ccc(Br)cc3)o2)CC1. The first-order chi connectivity index (χ1) is 14.5. The van der Waals surface area contributed by atoms with Crippen molar-refractivity contribution in [3.05, 3.63) is 52.4 Å². The molecule has 2 aliphatic rings. The van der Waals surface area contributed by atoms with E-state index in [-0.39, 0.29) is 24.3 Å². The maximum atomic E-state index is 12.7. The maximum Gasteiger partial charge on any atom is 0.312 e. The molecule has 1 saturated carbocycles. The number of piperazine rings is 1. The lowest BCUT2D eigenvalue weighted by molar-refractivity contribution is -0.146. The fourth-order valence-corrected chi connectivity index (χ4v) is 3.41. The van der Waals surface area contributed by atoms with Gasteiger partial charge in [0.1, 0.15) is 18.1 Å². The number of nitrogens with one attached hydrogen (secondary N) is 1. The van der Waals surface area contributed by atoms with Gasteiger partial charge >= 0.3 is 11.8 Å². The lowest BCUT2D eigenvalue weighted by Gasteiger charge is -2.33. The van der Waals surface area contributed by atoms with Crippen LogP contribution in [0.2, 0.25) is 0 Å². The third-order valence-corrected chi connectivity index (χ3v) is 5.56. The second kappa shape index (κ2) is 8.91. The first-order valence-electron chi connectivity index (χ1n) is 9.86. The minimum Gasteiger partial charge on any atom is -0.486 e. The van der Waals surface area contributed by atoms with Crippen molar-refractivity contribution in [1.82, 2.24) is 15.1 Å². The van der Waals surface area contributed by atoms with Crippen LogP contribution in [0, 0.1) is 0 Å². The monoisotopic (exact) mass is 475 g/mol. The predicted octanol–water partition coefficient (Wildman–Crippen LogP) is 2.18. The summed E-state index contributed by atoms with van der Waals surface area (Å²) in [6, 6.07) is 10.9. The Hall–Kier alpha value is -2.81. The number of furan rings is 1. The van der Waals surface area contributed by atoms with Gasteiger partial charge in [-0.2, -0.15) is 0 Å². The van der Waals surface area contributed by atoms with Crippen LogP contribution in [0.4, 0.5) is 0 Å². The van der Waals surface area contributed by atoms with Gasteiger partial charge in [0.25, 0.3) is 5.91 Å². The molecule has 2 aromatic rings. The molecule has 3 amide bonds. The number of rotatable bonds is 5. The van der Waals surface area contributed by atoms with Crippen LogP contribution in [0.3, 0.4) is 0 Å². The largest absolute Gasteiger partial charge is 0.486 e. The third-order valence-electron chi connectivity index (χ3n) is 5.03. The fourth-order valence-electron chi connectivity index (χ4n) is 3.14. The van der Waals surface area contributed by atoms with Crippen molar-refractivity contribution in [2.75, 3.05) is 26.2 Å². The zero-order valence-electron chi connectivity index (χ0n) is 16.3. The Balaban J connectivity index is 1.26. The Bertz CT molecular complexity index is 930. The number of carbonyl (C=O) groups excluding carboxylic acids is 3. The summed E-state index contributed by atoms with van der Waals surface area (Å²) in [4.78, 5) is 39.9. The van der Waals surface area contributed by atoms with Crippen LogP contribution in [-0.4, -0.2) is 59.7 Å². The predicted molar refractivity (Wildman–Crippen MR) is 111 cm³/mol. The summed E-state index contributed by atoms with van der Waals surface area (Å²) in [7, 11) is 0. The van der Waals surface area contributed by atoms with Crippen LogP contribution in [0.15, 0.2) is 45.3 Å². The highest BCUT2D eigenvalue weighted by molar-refractivity contribution is 9.10. The molecule has 8 nitrogen and oxygen atoms in total. The maximum absolute atomic E-state index is 12.7. The van der Waals surface area contributed by atoms with Crippen LogP contribution in [0.1, 0.15) is 29.2 Å². The molecular weight excluding hydrogens is 454 g/mol. The van der Waals surface area contributed by atoms with Gasteiger partial charge in [-0.25, -0.2) is 0 Å². The summed E-state index contributed by atoms with van der Waals surface area (Å²) in [6.07, 6.45) is 1.86. The highest BCUT2D eigenvalue weighted by Crippen LogP contribution is 2.20. The Morgan fingerprint density at radius 3 is 2.33 bits per heavy atom. The average molecular weight is 476 g/mol. The molecule has 1 saturated heterocycles. The summed E-state index contributed by atoms with van der Waals surface area (Å²) >= 11 is 3.37. The standard InChI is InChI=1S/C21H22BrN3O5/c22-14-1-5-16(6-2-14)29-13-17-7-8-18(30-17)20(27)24-9-11-25(12-10-24)21(28)19(26)23-15-3-4-15/h1-2,5-8,15H,3-4,9-13H2,(H,23,26). The lowest BCUT2D eigenvalue weighted by Crippen LogP contribution is -2.54. The lowest BCUT2D eigenvalue weighted by atomic mass is 10.2. The van der Waals surface area contributed by atoms with E-state index in [0.717, 1.165) is 17.3 Å². The van der Waals surface area contributed by atoms with E-state index < -0.39 is 11.8 Å². The normalized spacial score (nSPS) is 16.3. The van der Waals surface area contributed by atoms with Crippen molar-refractivity contribution in [3.63, 3.8) is 0 Å². The number of nitrogens with zero attached hydrogens (tertiary/aromatic N) is 2. The van der Waals surface area contributed by atoms with E-state index in [1.165, 1.54) is 4.90 Å². The van der Waals surface area contributed by atoms with Gasteiger partial charge in [0.2, 0.25) is 0 Å². The van der Waals surface area contributed by atoms with Crippen LogP contribution in [0.25, 0.3) is 0 Å². The summed E-state index contributed by atoms with van der Waals surface area (Å²) < 4.78 is 12.3. The first-order valence-corrected chi connectivity index (χ1v) is 10.6. The molecule has 0 spiro atoms. The molecule has 1 N–H and O–H groups in total. The van der Waals surface area contributed by atoms with Crippen molar-refractivity contribution in [1.29, 1.82) is 0 Å². The number of hydrogen-bond donors (Lipinski definition) is 1. The first kappa shape index (κ1) is 20.5. The van der Waals surface area contributed by atoms with E-state index in [2.05, 4.69) is 21.2 Å². The second-order valence-electron chi connectivity index (χ2n) is 7.34. The van der Waals surface area contributed by atoms with E-state index in [9.17, 15) is 14.4 Å². The van der Waals surface area contributed by atoms with Crippen LogP contribution in [0.5, 0.6) is 5.75 Å². The Labute approximate surface area is 182 Å². The van der Waals surface area contributed by atoms with E-state index in [1.807, 2.05) is 24.3 Å². The molecule has 9 heteroatoms. The summed E-state index contributed by atoms with van der Waals surface area (Å²) in [6.45, 7) is 1.57. The topological polar surface area (TPSA) is 92.1 Å². The van der Waals surface area contributed by atoms with Gasteiger partial charge in [-0.15, -0.1) is 0 Å². The van der Waals surface area contributed by atoms with E-state index >= 15 is 0 Å². The molecule has 1 aromatic heterocycles. The van der Waals surface area contributed by atoms with Crippen LogP contribution in [-0.2, 0) is 16.2 Å². The van der Waals surface area contributed by atoms with Crippen molar-refractivity contribution in [2.24, 2.45) is 0 Å². The minimum absolute atomic E-state index is 0.144. The van der Waals surface area contributed by atoms with E-state index in [0.29, 0.717) is 37.7 Å². The van der Waals surface area contributed by atoms with Crippen LogP contribution >= 0.6 is 15.9 Å². The number of benzene rings is 1. The zero-order chi connectivity index (χ0) is 21.1. The molecule has 1 aliphatic heterocycles. The highest BCUT2D eigenvalue weighted by Gasteiger charge is 2.32. The Morgan fingerprint density at radius 1 is 1.00 bits per heavy atom. The third kappa shape index (κ3) is 5.02. The molecule has 4 rings (SSSR count). The molecular formula is C21H22BrN3O5. The quantitative estimate of drug-likeness (QED) is 0.669. The van der Waals surface area contributed by atoms with Gasteiger partial charge < -0.3 is 24.3 Å². The van der Waals surface area contributed by atoms with Crippen molar-refractivity contribution in [3.8, 4) is 5.75 Å². The Morgan fingerprint density at radius 2 is 1.67 bits per heavy atom. The van der Waals surface area contributed by atoms with E-state index in [4.69, 9.17) is 9.15 Å². The number of halogens is 1. The molecule has 2 fully saturated rings. The molecule has 0 unspecified atom stereocenters. The summed E-state index contributed by atoms with van der Waals surface area (Å²) in [5.74, 6) is 0.161. The fraction of sp³-hybridized carbons (Fsp3) is 0.381.